The third kappa shape index (κ3) is 4.40. The van der Waals surface area contributed by atoms with Crippen molar-refractivity contribution in [2.45, 2.75) is 6.42 Å². The molecule has 1 aromatic carbocycles. The Hall–Kier alpha value is -3.47. The first-order chi connectivity index (χ1) is 14.3. The lowest BCUT2D eigenvalue weighted by atomic mass is 10.1. The van der Waals surface area contributed by atoms with Gasteiger partial charge in [0.05, 0.1) is 11.1 Å². The number of hydrogen-bond acceptors (Lipinski definition) is 7. The monoisotopic (exact) mass is 416 g/mol. The fraction of sp³-hybridized carbons (Fsp3) is 0.316. The van der Waals surface area contributed by atoms with Crippen LogP contribution < -0.4 is 5.73 Å². The highest BCUT2D eigenvalue weighted by Gasteiger charge is 2.21. The molecule has 11 heteroatoms. The van der Waals surface area contributed by atoms with Gasteiger partial charge in [-0.25, -0.2) is 13.8 Å². The van der Waals surface area contributed by atoms with Gasteiger partial charge in [0.2, 0.25) is 0 Å². The number of benzene rings is 1. The van der Waals surface area contributed by atoms with Crippen LogP contribution in [0.15, 0.2) is 30.5 Å². The number of halogens is 2. The van der Waals surface area contributed by atoms with Gasteiger partial charge in [-0.2, -0.15) is 4.68 Å². The van der Waals surface area contributed by atoms with Crippen LogP contribution in [-0.2, 0) is 0 Å². The maximum Gasteiger partial charge on any atom is 0.255 e. The molecule has 2 aromatic heterocycles. The van der Waals surface area contributed by atoms with Gasteiger partial charge in [0.1, 0.15) is 11.5 Å². The van der Waals surface area contributed by atoms with Crippen molar-refractivity contribution in [2.75, 3.05) is 40.0 Å². The van der Waals surface area contributed by atoms with E-state index in [9.17, 15) is 13.6 Å². The fourth-order valence-electron chi connectivity index (χ4n) is 2.89. The Bertz CT molecular complexity index is 1050. The molecular weight excluding hydrogens is 394 g/mol. The molecule has 0 radical (unpaired) electrons. The molecule has 1 amide bonds. The van der Waals surface area contributed by atoms with Crippen molar-refractivity contribution >= 4 is 11.7 Å². The standard InChI is InChI=1S/C19H22F2N8O/c1-27(2)8-5-9-28(3)19(30)12-10-13(17(22)23-11-12)18-24-25-26-29(18)15-7-4-6-14(20)16(15)21/h4,6-7,10-11H,5,8-9H2,1-3H3,(H2,22,23). The van der Waals surface area contributed by atoms with Crippen molar-refractivity contribution in [1.29, 1.82) is 0 Å². The minimum absolute atomic E-state index is 0.0365. The molecule has 158 valence electrons. The van der Waals surface area contributed by atoms with Gasteiger partial charge < -0.3 is 15.5 Å². The number of carbonyl (C=O) groups is 1. The number of rotatable bonds is 7. The van der Waals surface area contributed by atoms with Crippen LogP contribution in [0.4, 0.5) is 14.6 Å². The molecule has 30 heavy (non-hydrogen) atoms. The maximum absolute atomic E-state index is 14.2. The molecule has 0 saturated carbocycles. The third-order valence-electron chi connectivity index (χ3n) is 4.48. The summed E-state index contributed by atoms with van der Waals surface area (Å²) in [6.07, 6.45) is 2.17. The van der Waals surface area contributed by atoms with Gasteiger partial charge in [-0.3, -0.25) is 4.79 Å². The normalized spacial score (nSPS) is 11.1. The smallest absolute Gasteiger partial charge is 0.255 e. The van der Waals surface area contributed by atoms with Crippen molar-refractivity contribution in [3.8, 4) is 17.1 Å². The first-order valence-electron chi connectivity index (χ1n) is 9.18. The summed E-state index contributed by atoms with van der Waals surface area (Å²) in [7, 11) is 5.62. The number of nitrogen functional groups attached to an aromatic ring is 1. The highest BCUT2D eigenvalue weighted by molar-refractivity contribution is 5.95. The molecule has 3 aromatic rings. The van der Waals surface area contributed by atoms with E-state index in [4.69, 9.17) is 5.73 Å². The molecule has 2 heterocycles. The van der Waals surface area contributed by atoms with Crippen LogP contribution in [0, 0.1) is 11.6 Å². The van der Waals surface area contributed by atoms with Gasteiger partial charge >= 0.3 is 0 Å². The second-order valence-electron chi connectivity index (χ2n) is 7.03. The molecular formula is C19H22F2N8O. The van der Waals surface area contributed by atoms with E-state index in [2.05, 4.69) is 20.5 Å². The molecule has 0 bridgehead atoms. The fourth-order valence-corrected chi connectivity index (χ4v) is 2.89. The van der Waals surface area contributed by atoms with E-state index in [-0.39, 0.29) is 34.4 Å². The van der Waals surface area contributed by atoms with Crippen molar-refractivity contribution in [2.24, 2.45) is 0 Å². The summed E-state index contributed by atoms with van der Waals surface area (Å²) in [4.78, 5) is 20.5. The van der Waals surface area contributed by atoms with Crippen LogP contribution in [0.1, 0.15) is 16.8 Å². The Kier molecular flexibility index (Phi) is 6.31. The van der Waals surface area contributed by atoms with E-state index < -0.39 is 11.6 Å². The number of anilines is 1. The van der Waals surface area contributed by atoms with Crippen LogP contribution in [0.25, 0.3) is 17.1 Å². The lowest BCUT2D eigenvalue weighted by Gasteiger charge is -2.19. The van der Waals surface area contributed by atoms with E-state index in [0.717, 1.165) is 23.7 Å². The summed E-state index contributed by atoms with van der Waals surface area (Å²) in [6.45, 7) is 1.40. The molecule has 0 spiro atoms. The third-order valence-corrected chi connectivity index (χ3v) is 4.48. The van der Waals surface area contributed by atoms with Crippen LogP contribution in [-0.4, -0.2) is 75.1 Å². The van der Waals surface area contributed by atoms with Crippen molar-refractivity contribution < 1.29 is 13.6 Å². The molecule has 0 atom stereocenters. The largest absolute Gasteiger partial charge is 0.383 e. The minimum Gasteiger partial charge on any atom is -0.383 e. The summed E-state index contributed by atoms with van der Waals surface area (Å²) in [5.41, 5.74) is 6.29. The van der Waals surface area contributed by atoms with E-state index >= 15 is 0 Å². The van der Waals surface area contributed by atoms with Crippen molar-refractivity contribution in [3.63, 3.8) is 0 Å². The van der Waals surface area contributed by atoms with Gasteiger partial charge in [0.15, 0.2) is 17.5 Å². The highest BCUT2D eigenvalue weighted by atomic mass is 19.2. The summed E-state index contributed by atoms with van der Waals surface area (Å²) in [6, 6.07) is 5.15. The van der Waals surface area contributed by atoms with Crippen LogP contribution in [0.3, 0.4) is 0 Å². The zero-order valence-corrected chi connectivity index (χ0v) is 16.9. The lowest BCUT2D eigenvalue weighted by Crippen LogP contribution is -2.30. The quantitative estimate of drug-likeness (QED) is 0.624. The predicted octanol–water partition coefficient (Wildman–Crippen LogP) is 1.61. The van der Waals surface area contributed by atoms with Gasteiger partial charge in [-0.05, 0) is 55.7 Å². The average Bonchev–Trinajstić information content (AvgIpc) is 3.19. The predicted molar refractivity (Wildman–Crippen MR) is 107 cm³/mol. The van der Waals surface area contributed by atoms with E-state index in [1.54, 1.807) is 11.9 Å². The van der Waals surface area contributed by atoms with E-state index in [1.807, 2.05) is 19.0 Å². The molecule has 0 unspecified atom stereocenters. The summed E-state index contributed by atoms with van der Waals surface area (Å²) in [5.74, 6) is -2.31. The molecule has 3 rings (SSSR count). The van der Waals surface area contributed by atoms with Crippen molar-refractivity contribution in [3.05, 3.63) is 47.7 Å². The molecule has 0 aliphatic rings. The van der Waals surface area contributed by atoms with Gasteiger partial charge in [-0.15, -0.1) is 5.10 Å². The number of carbonyl (C=O) groups excluding carboxylic acids is 1. The molecule has 0 saturated heterocycles. The summed E-state index contributed by atoms with van der Waals surface area (Å²) < 4.78 is 28.9. The van der Waals surface area contributed by atoms with Crippen molar-refractivity contribution in [1.82, 2.24) is 35.0 Å². The Labute approximate surface area is 172 Å². The number of tetrazole rings is 1. The Morgan fingerprint density at radius 3 is 2.70 bits per heavy atom. The number of nitrogens with zero attached hydrogens (tertiary/aromatic N) is 7. The maximum atomic E-state index is 14.2. The van der Waals surface area contributed by atoms with E-state index in [0.29, 0.717) is 6.54 Å². The van der Waals surface area contributed by atoms with E-state index in [1.165, 1.54) is 24.4 Å². The number of hydrogen-bond donors (Lipinski definition) is 1. The number of amides is 1. The van der Waals surface area contributed by atoms with Crippen LogP contribution in [0.5, 0.6) is 0 Å². The van der Waals surface area contributed by atoms with Gasteiger partial charge in [0, 0.05) is 19.8 Å². The Balaban J connectivity index is 1.93. The zero-order valence-electron chi connectivity index (χ0n) is 16.9. The Morgan fingerprint density at radius 1 is 1.20 bits per heavy atom. The lowest BCUT2D eigenvalue weighted by molar-refractivity contribution is 0.0790. The summed E-state index contributed by atoms with van der Waals surface area (Å²) in [5, 5.41) is 11.2. The minimum atomic E-state index is -1.11. The average molecular weight is 416 g/mol. The molecule has 9 nitrogen and oxygen atoms in total. The molecule has 0 aliphatic carbocycles. The van der Waals surface area contributed by atoms with Gasteiger partial charge in [-0.1, -0.05) is 6.07 Å². The molecule has 0 aliphatic heterocycles. The van der Waals surface area contributed by atoms with Crippen LogP contribution >= 0.6 is 0 Å². The summed E-state index contributed by atoms with van der Waals surface area (Å²) >= 11 is 0. The molecule has 2 N–H and O–H groups in total. The number of aromatic nitrogens is 5. The topological polar surface area (TPSA) is 106 Å². The zero-order chi connectivity index (χ0) is 21.8. The first kappa shape index (κ1) is 21.2. The van der Waals surface area contributed by atoms with Crippen LogP contribution in [0.2, 0.25) is 0 Å². The highest BCUT2D eigenvalue weighted by Crippen LogP contribution is 2.26. The van der Waals surface area contributed by atoms with Gasteiger partial charge in [0.25, 0.3) is 5.91 Å². The SMILES string of the molecule is CN(C)CCCN(C)C(=O)c1cnc(N)c(-c2nnnn2-c2cccc(F)c2F)c1. The first-order valence-corrected chi connectivity index (χ1v) is 9.18. The number of nitrogens with two attached hydrogens (primary N) is 1. The second kappa shape index (κ2) is 8.91. The Morgan fingerprint density at radius 2 is 1.97 bits per heavy atom. The molecule has 0 fully saturated rings. The number of pyridine rings is 1. The second-order valence-corrected chi connectivity index (χ2v) is 7.03.